The summed E-state index contributed by atoms with van der Waals surface area (Å²) in [6, 6.07) is 0. The maximum atomic E-state index is 5.35. The molecule has 4 saturated carbocycles. The van der Waals surface area contributed by atoms with E-state index in [2.05, 4.69) is 12.2 Å². The molecule has 0 saturated heterocycles. The van der Waals surface area contributed by atoms with Crippen LogP contribution in [0.3, 0.4) is 0 Å². The fraction of sp³-hybridized carbons (Fsp3) is 1.00. The Morgan fingerprint density at radius 2 is 1.62 bits per heavy atom. The van der Waals surface area contributed by atoms with Crippen LogP contribution in [0.5, 0.6) is 0 Å². The molecule has 1 unspecified atom stereocenters. The minimum Gasteiger partial charge on any atom is -0.380 e. The molecule has 0 amide bonds. The van der Waals surface area contributed by atoms with E-state index in [-0.39, 0.29) is 0 Å². The highest BCUT2D eigenvalue weighted by molar-refractivity contribution is 5.06. The van der Waals surface area contributed by atoms with Crippen LogP contribution in [0.25, 0.3) is 0 Å². The van der Waals surface area contributed by atoms with E-state index in [9.17, 15) is 0 Å². The van der Waals surface area contributed by atoms with E-state index in [1.165, 1.54) is 38.5 Å². The van der Waals surface area contributed by atoms with Crippen LogP contribution in [0.15, 0.2) is 0 Å². The molecule has 0 aromatic heterocycles. The van der Waals surface area contributed by atoms with Gasteiger partial charge in [-0.3, -0.25) is 0 Å². The first-order valence-corrected chi connectivity index (χ1v) is 6.97. The molecule has 2 heteroatoms. The summed E-state index contributed by atoms with van der Waals surface area (Å²) >= 11 is 0. The fourth-order valence-corrected chi connectivity index (χ4v) is 4.77. The molecule has 4 aliphatic carbocycles. The Morgan fingerprint density at radius 1 is 1.12 bits per heavy atom. The highest BCUT2D eigenvalue weighted by Crippen LogP contribution is 2.55. The molecule has 1 atom stereocenters. The van der Waals surface area contributed by atoms with Crippen molar-refractivity contribution >= 4 is 0 Å². The number of methoxy groups -OCH3 is 1. The van der Waals surface area contributed by atoms with Crippen LogP contribution in [-0.2, 0) is 4.74 Å². The maximum Gasteiger partial charge on any atom is 0.0667 e. The second-order valence-corrected chi connectivity index (χ2v) is 6.63. The molecule has 2 nitrogen and oxygen atoms in total. The summed E-state index contributed by atoms with van der Waals surface area (Å²) in [5.74, 6) is 3.12. The van der Waals surface area contributed by atoms with Crippen molar-refractivity contribution in [2.45, 2.75) is 57.1 Å². The Morgan fingerprint density at radius 3 is 2.06 bits per heavy atom. The predicted octanol–water partition coefficient (Wildman–Crippen LogP) is 2.58. The van der Waals surface area contributed by atoms with E-state index in [0.29, 0.717) is 11.6 Å². The third-order valence-corrected chi connectivity index (χ3v) is 5.21. The van der Waals surface area contributed by atoms with Crippen molar-refractivity contribution in [1.29, 1.82) is 0 Å². The summed E-state index contributed by atoms with van der Waals surface area (Å²) in [6.45, 7) is 3.19. The average molecular weight is 223 g/mol. The SMILES string of the molecule is COC(C)CNC12CC3CC(CC(C3)C1)C2. The number of hydrogen-bond donors (Lipinski definition) is 1. The number of ether oxygens (including phenoxy) is 1. The van der Waals surface area contributed by atoms with Gasteiger partial charge in [-0.05, 0) is 63.2 Å². The van der Waals surface area contributed by atoms with Crippen LogP contribution in [0, 0.1) is 17.8 Å². The topological polar surface area (TPSA) is 21.3 Å². The average Bonchev–Trinajstić information content (AvgIpc) is 2.24. The first kappa shape index (κ1) is 11.0. The van der Waals surface area contributed by atoms with Crippen molar-refractivity contribution in [2.75, 3.05) is 13.7 Å². The first-order chi connectivity index (χ1) is 7.69. The Balaban J connectivity index is 1.64. The molecule has 92 valence electrons. The Labute approximate surface area is 99.1 Å². The zero-order valence-corrected chi connectivity index (χ0v) is 10.7. The summed E-state index contributed by atoms with van der Waals surface area (Å²) in [5, 5.41) is 3.85. The van der Waals surface area contributed by atoms with Gasteiger partial charge in [-0.25, -0.2) is 0 Å². The van der Waals surface area contributed by atoms with Crippen molar-refractivity contribution in [3.8, 4) is 0 Å². The number of rotatable bonds is 4. The summed E-state index contributed by atoms with van der Waals surface area (Å²) in [7, 11) is 1.81. The summed E-state index contributed by atoms with van der Waals surface area (Å²) in [5.41, 5.74) is 0.502. The van der Waals surface area contributed by atoms with Crippen LogP contribution in [0.1, 0.15) is 45.4 Å². The summed E-state index contributed by atoms with van der Waals surface area (Å²) in [6.07, 6.45) is 9.26. The van der Waals surface area contributed by atoms with Crippen molar-refractivity contribution in [2.24, 2.45) is 17.8 Å². The third-order valence-electron chi connectivity index (χ3n) is 5.21. The van der Waals surface area contributed by atoms with Gasteiger partial charge in [0.1, 0.15) is 0 Å². The van der Waals surface area contributed by atoms with E-state index in [1.54, 1.807) is 0 Å². The summed E-state index contributed by atoms with van der Waals surface area (Å²) < 4.78 is 5.35. The predicted molar refractivity (Wildman–Crippen MR) is 65.4 cm³/mol. The zero-order chi connectivity index (χ0) is 11.2. The van der Waals surface area contributed by atoms with E-state index in [0.717, 1.165) is 24.3 Å². The molecule has 4 aliphatic rings. The highest BCUT2D eigenvalue weighted by atomic mass is 16.5. The third kappa shape index (κ3) is 1.91. The lowest BCUT2D eigenvalue weighted by molar-refractivity contribution is -0.0259. The highest BCUT2D eigenvalue weighted by Gasteiger charge is 2.50. The molecular formula is C14H25NO. The van der Waals surface area contributed by atoms with Crippen molar-refractivity contribution < 1.29 is 4.74 Å². The standard InChI is InChI=1S/C14H25NO/c1-10(16-2)9-15-14-6-11-3-12(7-14)5-13(4-11)8-14/h10-13,15H,3-9H2,1-2H3. The normalized spacial score (nSPS) is 47.2. The van der Waals surface area contributed by atoms with Gasteiger partial charge >= 0.3 is 0 Å². The van der Waals surface area contributed by atoms with E-state index >= 15 is 0 Å². The lowest BCUT2D eigenvalue weighted by Crippen LogP contribution is -2.59. The van der Waals surface area contributed by atoms with Gasteiger partial charge in [0.25, 0.3) is 0 Å². The van der Waals surface area contributed by atoms with E-state index in [4.69, 9.17) is 4.74 Å². The number of hydrogen-bond acceptors (Lipinski definition) is 2. The maximum absolute atomic E-state index is 5.35. The Kier molecular flexibility index (Phi) is 2.75. The molecular weight excluding hydrogens is 198 g/mol. The molecule has 0 spiro atoms. The second kappa shape index (κ2) is 3.99. The second-order valence-electron chi connectivity index (χ2n) is 6.63. The monoisotopic (exact) mass is 223 g/mol. The van der Waals surface area contributed by atoms with Gasteiger partial charge in [0.2, 0.25) is 0 Å². The Hall–Kier alpha value is -0.0800. The molecule has 0 aromatic rings. The van der Waals surface area contributed by atoms with Gasteiger partial charge in [-0.2, -0.15) is 0 Å². The lowest BCUT2D eigenvalue weighted by atomic mass is 9.53. The van der Waals surface area contributed by atoms with Crippen LogP contribution in [0.2, 0.25) is 0 Å². The van der Waals surface area contributed by atoms with Crippen molar-refractivity contribution in [3.05, 3.63) is 0 Å². The largest absolute Gasteiger partial charge is 0.380 e. The quantitative estimate of drug-likeness (QED) is 0.791. The molecule has 4 bridgehead atoms. The zero-order valence-electron chi connectivity index (χ0n) is 10.7. The number of nitrogens with one attached hydrogen (secondary N) is 1. The fourth-order valence-electron chi connectivity index (χ4n) is 4.77. The minimum absolute atomic E-state index is 0.355. The molecule has 16 heavy (non-hydrogen) atoms. The van der Waals surface area contributed by atoms with Crippen molar-refractivity contribution in [1.82, 2.24) is 5.32 Å². The van der Waals surface area contributed by atoms with E-state index < -0.39 is 0 Å². The van der Waals surface area contributed by atoms with Crippen LogP contribution < -0.4 is 5.32 Å². The lowest BCUT2D eigenvalue weighted by Gasteiger charge is -2.57. The minimum atomic E-state index is 0.355. The van der Waals surface area contributed by atoms with Crippen LogP contribution >= 0.6 is 0 Å². The molecule has 4 fully saturated rings. The molecule has 0 radical (unpaired) electrons. The smallest absolute Gasteiger partial charge is 0.0667 e. The molecule has 0 heterocycles. The first-order valence-electron chi connectivity index (χ1n) is 6.97. The molecule has 4 rings (SSSR count). The van der Waals surface area contributed by atoms with E-state index in [1.807, 2.05) is 7.11 Å². The van der Waals surface area contributed by atoms with Gasteiger partial charge in [0.05, 0.1) is 6.10 Å². The van der Waals surface area contributed by atoms with Crippen LogP contribution in [-0.4, -0.2) is 25.3 Å². The van der Waals surface area contributed by atoms with Crippen molar-refractivity contribution in [3.63, 3.8) is 0 Å². The van der Waals surface area contributed by atoms with Gasteiger partial charge in [0.15, 0.2) is 0 Å². The van der Waals surface area contributed by atoms with Crippen LogP contribution in [0.4, 0.5) is 0 Å². The van der Waals surface area contributed by atoms with Gasteiger partial charge < -0.3 is 10.1 Å². The summed E-state index contributed by atoms with van der Waals surface area (Å²) in [4.78, 5) is 0. The Bertz CT molecular complexity index is 228. The molecule has 0 aromatic carbocycles. The van der Waals surface area contributed by atoms with Gasteiger partial charge in [0, 0.05) is 19.2 Å². The van der Waals surface area contributed by atoms with Gasteiger partial charge in [-0.15, -0.1) is 0 Å². The van der Waals surface area contributed by atoms with Gasteiger partial charge in [-0.1, -0.05) is 0 Å². The molecule has 1 N–H and O–H groups in total. The molecule has 0 aliphatic heterocycles.